The van der Waals surface area contributed by atoms with Gasteiger partial charge in [-0.05, 0) is 73.6 Å². The topological polar surface area (TPSA) is 121 Å². The maximum absolute atomic E-state index is 12.7. The zero-order chi connectivity index (χ0) is 22.5. The summed E-state index contributed by atoms with van der Waals surface area (Å²) in [5.74, 6) is 1.50. The van der Waals surface area contributed by atoms with Crippen LogP contribution in [0.4, 0.5) is 0 Å². The molecule has 9 heteroatoms. The van der Waals surface area contributed by atoms with Crippen LogP contribution >= 0.6 is 0 Å². The number of carbonyl (C=O) groups is 1. The van der Waals surface area contributed by atoms with E-state index >= 15 is 0 Å². The van der Waals surface area contributed by atoms with Gasteiger partial charge in [-0.3, -0.25) is 4.79 Å². The van der Waals surface area contributed by atoms with Crippen LogP contribution in [0.5, 0.6) is 5.75 Å². The number of ether oxygens (including phenoxy) is 1. The molecule has 3 aromatic rings. The fourth-order valence-electron chi connectivity index (χ4n) is 4.01. The Balaban J connectivity index is 1.43. The summed E-state index contributed by atoms with van der Waals surface area (Å²) < 4.78 is 5.23. The Bertz CT molecular complexity index is 1070. The van der Waals surface area contributed by atoms with Gasteiger partial charge in [0, 0.05) is 23.8 Å². The lowest BCUT2D eigenvalue weighted by Crippen LogP contribution is -2.28. The van der Waals surface area contributed by atoms with Crippen molar-refractivity contribution in [1.29, 1.82) is 0 Å². The maximum Gasteiger partial charge on any atom is 0.270 e. The van der Waals surface area contributed by atoms with Crippen LogP contribution < -0.4 is 15.8 Å². The fraction of sp³-hybridized carbons (Fsp3) is 0.435. The van der Waals surface area contributed by atoms with Crippen molar-refractivity contribution in [3.05, 3.63) is 53.3 Å². The summed E-state index contributed by atoms with van der Waals surface area (Å²) in [5.41, 5.74) is 8.70. The van der Waals surface area contributed by atoms with Crippen molar-refractivity contribution in [2.45, 2.75) is 51.7 Å². The number of hydrogen-bond donors (Lipinski definition) is 2. The highest BCUT2D eigenvalue weighted by Crippen LogP contribution is 2.24. The molecule has 168 valence electrons. The second-order valence-electron chi connectivity index (χ2n) is 8.37. The minimum atomic E-state index is -0.260. The lowest BCUT2D eigenvalue weighted by molar-refractivity contribution is 0.0945. The van der Waals surface area contributed by atoms with Crippen molar-refractivity contribution in [2.75, 3.05) is 7.11 Å². The number of aromatic nitrogens is 5. The molecule has 1 aliphatic carbocycles. The van der Waals surface area contributed by atoms with Crippen LogP contribution in [-0.2, 0) is 13.1 Å². The van der Waals surface area contributed by atoms with Crippen LogP contribution in [0.2, 0.25) is 0 Å². The van der Waals surface area contributed by atoms with Crippen molar-refractivity contribution in [3.63, 3.8) is 0 Å². The second kappa shape index (κ2) is 9.86. The number of carbonyl (C=O) groups excluding carboxylic acids is 1. The van der Waals surface area contributed by atoms with Gasteiger partial charge in [0.15, 0.2) is 0 Å². The molecule has 9 nitrogen and oxygen atoms in total. The van der Waals surface area contributed by atoms with E-state index in [2.05, 4.69) is 25.7 Å². The van der Waals surface area contributed by atoms with Crippen LogP contribution in [0.25, 0.3) is 11.4 Å². The van der Waals surface area contributed by atoms with Crippen molar-refractivity contribution < 1.29 is 9.53 Å². The van der Waals surface area contributed by atoms with Crippen LogP contribution in [0.3, 0.4) is 0 Å². The summed E-state index contributed by atoms with van der Waals surface area (Å²) in [6, 6.07) is 11.5. The van der Waals surface area contributed by atoms with E-state index < -0.39 is 0 Å². The number of hydrogen-bond acceptors (Lipinski definition) is 7. The van der Waals surface area contributed by atoms with Crippen molar-refractivity contribution in [1.82, 2.24) is 30.5 Å². The van der Waals surface area contributed by atoms with Gasteiger partial charge < -0.3 is 15.8 Å². The normalized spacial score (nSPS) is 18.3. The molecule has 0 spiro atoms. The van der Waals surface area contributed by atoms with Gasteiger partial charge in [-0.1, -0.05) is 12.1 Å². The van der Waals surface area contributed by atoms with E-state index in [1.54, 1.807) is 18.0 Å². The Morgan fingerprint density at radius 1 is 1.22 bits per heavy atom. The van der Waals surface area contributed by atoms with Crippen molar-refractivity contribution in [3.8, 4) is 17.1 Å². The zero-order valence-corrected chi connectivity index (χ0v) is 18.5. The van der Waals surface area contributed by atoms with E-state index in [1.165, 1.54) is 0 Å². The monoisotopic (exact) mass is 435 g/mol. The molecule has 4 rings (SSSR count). The van der Waals surface area contributed by atoms with Crippen molar-refractivity contribution in [2.24, 2.45) is 11.7 Å². The van der Waals surface area contributed by atoms with E-state index in [4.69, 9.17) is 10.5 Å². The van der Waals surface area contributed by atoms with E-state index in [0.717, 1.165) is 49.1 Å². The molecule has 3 N–H and O–H groups in total. The highest BCUT2D eigenvalue weighted by molar-refractivity contribution is 5.93. The Labute approximate surface area is 187 Å². The number of rotatable bonds is 7. The van der Waals surface area contributed by atoms with Gasteiger partial charge in [-0.2, -0.15) is 4.80 Å². The molecule has 1 saturated carbocycles. The molecule has 2 aromatic heterocycles. The number of tetrazole rings is 1. The molecule has 0 unspecified atom stereocenters. The Hall–Kier alpha value is -3.33. The molecule has 1 fully saturated rings. The lowest BCUT2D eigenvalue weighted by Gasteiger charge is -2.25. The van der Waals surface area contributed by atoms with Crippen LogP contribution in [0.15, 0.2) is 36.4 Å². The summed E-state index contributed by atoms with van der Waals surface area (Å²) in [7, 11) is 1.62. The van der Waals surface area contributed by atoms with Gasteiger partial charge in [-0.25, -0.2) is 4.98 Å². The largest absolute Gasteiger partial charge is 0.497 e. The number of nitrogens with one attached hydrogen (secondary N) is 1. The van der Waals surface area contributed by atoms with Gasteiger partial charge in [0.1, 0.15) is 11.4 Å². The van der Waals surface area contributed by atoms with Gasteiger partial charge in [0.2, 0.25) is 5.82 Å². The smallest absolute Gasteiger partial charge is 0.270 e. The fourth-order valence-corrected chi connectivity index (χ4v) is 4.01. The Morgan fingerprint density at radius 3 is 2.81 bits per heavy atom. The van der Waals surface area contributed by atoms with Gasteiger partial charge in [0.05, 0.1) is 13.7 Å². The number of amides is 1. The van der Waals surface area contributed by atoms with E-state index in [1.807, 2.05) is 37.3 Å². The van der Waals surface area contributed by atoms with Crippen LogP contribution in [0.1, 0.15) is 47.4 Å². The third kappa shape index (κ3) is 5.47. The first kappa shape index (κ1) is 21.9. The lowest BCUT2D eigenvalue weighted by atomic mass is 9.86. The average molecular weight is 436 g/mol. The number of benzene rings is 1. The number of methoxy groups -OCH3 is 1. The maximum atomic E-state index is 12.7. The predicted octanol–water partition coefficient (Wildman–Crippen LogP) is 2.50. The van der Waals surface area contributed by atoms with E-state index in [-0.39, 0.29) is 5.91 Å². The van der Waals surface area contributed by atoms with Crippen molar-refractivity contribution >= 4 is 5.91 Å². The molecule has 1 aromatic carbocycles. The molecule has 0 atom stereocenters. The Morgan fingerprint density at radius 2 is 2.03 bits per heavy atom. The standard InChI is InChI=1S/C23H29N7O2/c1-15-10-18(22-27-29-30(28-22)14-16-6-8-19(24)9-7-16)12-21(26-15)23(31)25-13-17-4-3-5-20(11-17)32-2/h3-5,10-12,16,19H,6-9,13-14,24H2,1-2H3,(H,25,31)/t16-,19+. The third-order valence-electron chi connectivity index (χ3n) is 5.80. The molecule has 0 bridgehead atoms. The quantitative estimate of drug-likeness (QED) is 0.585. The number of nitrogens with two attached hydrogens (primary N) is 1. The first-order valence-corrected chi connectivity index (χ1v) is 10.9. The van der Waals surface area contributed by atoms with Gasteiger partial charge in [0.25, 0.3) is 5.91 Å². The number of aryl methyl sites for hydroxylation is 1. The molecule has 1 amide bonds. The SMILES string of the molecule is COc1cccc(CNC(=O)c2cc(-c3nnn(C[C@H]4CC[C@@H](N)CC4)n3)cc(C)n2)c1. The molecule has 1 aliphatic rings. The minimum Gasteiger partial charge on any atom is -0.497 e. The number of pyridine rings is 1. The summed E-state index contributed by atoms with van der Waals surface area (Å²) >= 11 is 0. The highest BCUT2D eigenvalue weighted by Gasteiger charge is 2.20. The molecule has 32 heavy (non-hydrogen) atoms. The van der Waals surface area contributed by atoms with Gasteiger partial charge in [-0.15, -0.1) is 10.2 Å². The predicted molar refractivity (Wildman–Crippen MR) is 120 cm³/mol. The molecule has 0 radical (unpaired) electrons. The summed E-state index contributed by atoms with van der Waals surface area (Å²) in [4.78, 5) is 18.8. The first-order chi connectivity index (χ1) is 15.5. The summed E-state index contributed by atoms with van der Waals surface area (Å²) in [5, 5.41) is 15.9. The summed E-state index contributed by atoms with van der Waals surface area (Å²) in [6.45, 7) is 2.95. The zero-order valence-electron chi connectivity index (χ0n) is 18.5. The number of nitrogens with zero attached hydrogens (tertiary/aromatic N) is 5. The highest BCUT2D eigenvalue weighted by atomic mass is 16.5. The summed E-state index contributed by atoms with van der Waals surface area (Å²) in [6.07, 6.45) is 4.27. The van der Waals surface area contributed by atoms with E-state index in [9.17, 15) is 4.79 Å². The first-order valence-electron chi connectivity index (χ1n) is 10.9. The molecule has 0 saturated heterocycles. The van der Waals surface area contributed by atoms with Crippen LogP contribution in [0, 0.1) is 12.8 Å². The second-order valence-corrected chi connectivity index (χ2v) is 8.37. The molecule has 0 aliphatic heterocycles. The van der Waals surface area contributed by atoms with Gasteiger partial charge >= 0.3 is 0 Å². The van der Waals surface area contributed by atoms with E-state index in [0.29, 0.717) is 35.7 Å². The average Bonchev–Trinajstić information content (AvgIpc) is 3.27. The van der Waals surface area contributed by atoms with Crippen LogP contribution in [-0.4, -0.2) is 44.3 Å². The molecular weight excluding hydrogens is 406 g/mol. The molecular formula is C23H29N7O2. The third-order valence-corrected chi connectivity index (χ3v) is 5.80. The minimum absolute atomic E-state index is 0.260. The Kier molecular flexibility index (Phi) is 6.75. The molecule has 2 heterocycles.